The van der Waals surface area contributed by atoms with Crippen LogP contribution in [0.3, 0.4) is 0 Å². The van der Waals surface area contributed by atoms with Crippen LogP contribution in [0.25, 0.3) is 0 Å². The predicted molar refractivity (Wildman–Crippen MR) is 64.4 cm³/mol. The Morgan fingerprint density at radius 3 is 2.53 bits per heavy atom. The summed E-state index contributed by atoms with van der Waals surface area (Å²) in [6.45, 7) is 0. The molecule has 3 aliphatic rings. The minimum absolute atomic E-state index is 0.0185. The maximum absolute atomic E-state index is 11.0. The molecule has 6 atom stereocenters. The Morgan fingerprint density at radius 1 is 0.941 bits per heavy atom. The third-order valence-electron chi connectivity index (χ3n) is 5.59. The highest BCUT2D eigenvalue weighted by Crippen LogP contribution is 2.53. The van der Waals surface area contributed by atoms with Gasteiger partial charge < -0.3 is 15.3 Å². The molecule has 17 heavy (non-hydrogen) atoms. The van der Waals surface area contributed by atoms with Crippen molar-refractivity contribution < 1.29 is 15.3 Å². The summed E-state index contributed by atoms with van der Waals surface area (Å²) in [6, 6.07) is 0. The first-order valence-corrected chi connectivity index (χ1v) is 7.20. The molecule has 4 bridgehead atoms. The van der Waals surface area contributed by atoms with Crippen LogP contribution >= 0.6 is 0 Å². The van der Waals surface area contributed by atoms with E-state index in [0.717, 1.165) is 51.4 Å². The molecule has 0 radical (unpaired) electrons. The van der Waals surface area contributed by atoms with Crippen LogP contribution in [0, 0.1) is 17.8 Å². The van der Waals surface area contributed by atoms with Crippen molar-refractivity contribution in [2.24, 2.45) is 17.8 Å². The number of hydrogen-bond acceptors (Lipinski definition) is 3. The minimum Gasteiger partial charge on any atom is -0.393 e. The van der Waals surface area contributed by atoms with Gasteiger partial charge in [0.15, 0.2) is 0 Å². The highest BCUT2D eigenvalue weighted by molar-refractivity contribution is 5.05. The molecule has 0 aromatic rings. The molecule has 0 aromatic heterocycles. The van der Waals surface area contributed by atoms with Gasteiger partial charge in [-0.05, 0) is 56.8 Å². The maximum atomic E-state index is 11.0. The zero-order valence-electron chi connectivity index (χ0n) is 10.4. The second-order valence-electron chi connectivity index (χ2n) is 6.48. The first-order valence-electron chi connectivity index (χ1n) is 7.20. The molecule has 0 unspecified atom stereocenters. The molecule has 3 nitrogen and oxygen atoms in total. The average Bonchev–Trinajstić information content (AvgIpc) is 2.27. The zero-order chi connectivity index (χ0) is 12.0. The first kappa shape index (κ1) is 11.9. The van der Waals surface area contributed by atoms with Gasteiger partial charge in [-0.25, -0.2) is 0 Å². The summed E-state index contributed by atoms with van der Waals surface area (Å²) < 4.78 is 0. The van der Waals surface area contributed by atoms with Gasteiger partial charge in [-0.15, -0.1) is 0 Å². The smallest absolute Gasteiger partial charge is 0.0731 e. The van der Waals surface area contributed by atoms with Crippen molar-refractivity contribution in [3.05, 3.63) is 0 Å². The van der Waals surface area contributed by atoms with Gasteiger partial charge in [-0.2, -0.15) is 0 Å². The van der Waals surface area contributed by atoms with Gasteiger partial charge >= 0.3 is 0 Å². The van der Waals surface area contributed by atoms with Crippen LogP contribution in [0.5, 0.6) is 0 Å². The van der Waals surface area contributed by atoms with Gasteiger partial charge in [0.25, 0.3) is 0 Å². The van der Waals surface area contributed by atoms with Crippen molar-refractivity contribution in [1.82, 2.24) is 0 Å². The van der Waals surface area contributed by atoms with Gasteiger partial charge in [0.05, 0.1) is 17.8 Å². The monoisotopic (exact) mass is 240 g/mol. The molecular weight excluding hydrogens is 216 g/mol. The van der Waals surface area contributed by atoms with E-state index in [4.69, 9.17) is 0 Å². The maximum Gasteiger partial charge on any atom is 0.0731 e. The van der Waals surface area contributed by atoms with Crippen LogP contribution in [0.15, 0.2) is 0 Å². The number of aliphatic hydroxyl groups is 3. The summed E-state index contributed by atoms with van der Waals surface area (Å²) in [4.78, 5) is 0. The van der Waals surface area contributed by atoms with Gasteiger partial charge in [0, 0.05) is 5.92 Å². The Bertz CT molecular complexity index is 293. The molecule has 3 heteroatoms. The van der Waals surface area contributed by atoms with E-state index < -0.39 is 5.60 Å². The normalized spacial score (nSPS) is 54.9. The standard InChI is InChI=1S/C14H24O3/c15-11-5-3-10-4-6-12(16)13-9(8-11)2-1-7-14(10,13)17/h9-13,15-17H,1-8H2/t9-,10-,11-,12-,13-,14-/m0/s1. The van der Waals surface area contributed by atoms with E-state index in [1.54, 1.807) is 0 Å². The first-order chi connectivity index (χ1) is 8.11. The second-order valence-corrected chi connectivity index (χ2v) is 6.48. The Balaban J connectivity index is 1.95. The lowest BCUT2D eigenvalue weighted by atomic mass is 9.54. The van der Waals surface area contributed by atoms with Gasteiger partial charge in [0.2, 0.25) is 0 Å². The van der Waals surface area contributed by atoms with E-state index in [1.807, 2.05) is 0 Å². The van der Waals surface area contributed by atoms with Crippen LogP contribution in [0.2, 0.25) is 0 Å². The zero-order valence-corrected chi connectivity index (χ0v) is 10.4. The average molecular weight is 240 g/mol. The molecule has 0 amide bonds. The summed E-state index contributed by atoms with van der Waals surface area (Å²) in [5.74, 6) is 0.639. The number of rotatable bonds is 0. The lowest BCUT2D eigenvalue weighted by Gasteiger charge is -2.55. The molecule has 0 aliphatic heterocycles. The molecule has 3 aliphatic carbocycles. The third kappa shape index (κ3) is 1.83. The molecule has 0 heterocycles. The van der Waals surface area contributed by atoms with Gasteiger partial charge in [-0.1, -0.05) is 6.42 Å². The SMILES string of the molecule is O[C@H]1CC[C@H]2CC[C@H](O)[C@@H]3[C@@H](CCC[C@]23O)C1. The summed E-state index contributed by atoms with van der Waals surface area (Å²) >= 11 is 0. The molecule has 3 saturated carbocycles. The van der Waals surface area contributed by atoms with E-state index in [2.05, 4.69) is 0 Å². The van der Waals surface area contributed by atoms with Crippen molar-refractivity contribution in [2.75, 3.05) is 0 Å². The van der Waals surface area contributed by atoms with Gasteiger partial charge in [-0.3, -0.25) is 0 Å². The van der Waals surface area contributed by atoms with E-state index in [9.17, 15) is 15.3 Å². The number of hydrogen-bond donors (Lipinski definition) is 3. The van der Waals surface area contributed by atoms with Crippen LogP contribution < -0.4 is 0 Å². The van der Waals surface area contributed by atoms with Crippen molar-refractivity contribution in [3.63, 3.8) is 0 Å². The van der Waals surface area contributed by atoms with Crippen LogP contribution in [0.4, 0.5) is 0 Å². The highest BCUT2D eigenvalue weighted by atomic mass is 16.3. The molecule has 0 aromatic carbocycles. The van der Waals surface area contributed by atoms with Crippen LogP contribution in [0.1, 0.15) is 51.4 Å². The van der Waals surface area contributed by atoms with E-state index in [1.165, 1.54) is 0 Å². The van der Waals surface area contributed by atoms with E-state index >= 15 is 0 Å². The lowest BCUT2D eigenvalue weighted by Crippen LogP contribution is -2.59. The third-order valence-corrected chi connectivity index (χ3v) is 5.59. The molecule has 3 fully saturated rings. The summed E-state index contributed by atoms with van der Waals surface area (Å²) in [7, 11) is 0. The van der Waals surface area contributed by atoms with Gasteiger partial charge in [0.1, 0.15) is 0 Å². The fourth-order valence-electron chi connectivity index (χ4n) is 4.85. The fourth-order valence-corrected chi connectivity index (χ4v) is 4.85. The predicted octanol–water partition coefficient (Wildman–Crippen LogP) is 1.45. The minimum atomic E-state index is -0.638. The molecule has 3 N–H and O–H groups in total. The topological polar surface area (TPSA) is 60.7 Å². The molecule has 3 rings (SSSR count). The van der Waals surface area contributed by atoms with Crippen molar-refractivity contribution in [3.8, 4) is 0 Å². The number of aliphatic hydroxyl groups excluding tert-OH is 2. The Hall–Kier alpha value is -0.120. The Kier molecular flexibility index (Phi) is 2.96. The molecule has 98 valence electrons. The summed E-state index contributed by atoms with van der Waals surface area (Å²) in [5, 5.41) is 31.2. The van der Waals surface area contributed by atoms with E-state index in [0.29, 0.717) is 11.8 Å². The Labute approximate surface area is 103 Å². The fraction of sp³-hybridized carbons (Fsp3) is 1.00. The highest BCUT2D eigenvalue weighted by Gasteiger charge is 2.55. The van der Waals surface area contributed by atoms with E-state index in [-0.39, 0.29) is 18.1 Å². The van der Waals surface area contributed by atoms with Crippen molar-refractivity contribution >= 4 is 0 Å². The van der Waals surface area contributed by atoms with Crippen LogP contribution in [-0.4, -0.2) is 33.1 Å². The largest absolute Gasteiger partial charge is 0.393 e. The van der Waals surface area contributed by atoms with Crippen LogP contribution in [-0.2, 0) is 0 Å². The lowest BCUT2D eigenvalue weighted by molar-refractivity contribution is -0.193. The quantitative estimate of drug-likeness (QED) is 0.600. The summed E-state index contributed by atoms with van der Waals surface area (Å²) in [6.07, 6.45) is 6.67. The van der Waals surface area contributed by atoms with Crippen molar-refractivity contribution in [2.45, 2.75) is 69.2 Å². The molecule has 0 spiro atoms. The summed E-state index contributed by atoms with van der Waals surface area (Å²) in [5.41, 5.74) is -0.638. The molecule has 0 saturated heterocycles. The molecular formula is C14H24O3. The van der Waals surface area contributed by atoms with Crippen molar-refractivity contribution in [1.29, 1.82) is 0 Å². The Morgan fingerprint density at radius 2 is 1.71 bits per heavy atom. The second kappa shape index (κ2) is 4.22.